The van der Waals surface area contributed by atoms with Gasteiger partial charge in [-0.15, -0.1) is 0 Å². The van der Waals surface area contributed by atoms with Crippen LogP contribution in [0.3, 0.4) is 0 Å². The van der Waals surface area contributed by atoms with Crippen LogP contribution in [0.1, 0.15) is 35.6 Å². The van der Waals surface area contributed by atoms with Crippen LogP contribution in [0, 0.1) is 13.8 Å². The molecule has 7 heteroatoms. The van der Waals surface area contributed by atoms with Crippen molar-refractivity contribution in [1.82, 2.24) is 19.9 Å². The van der Waals surface area contributed by atoms with E-state index in [1.54, 1.807) is 12.4 Å². The normalized spacial score (nSPS) is 13.5. The predicted molar refractivity (Wildman–Crippen MR) is 116 cm³/mol. The molecule has 0 unspecified atom stereocenters. The molecule has 28 heavy (non-hydrogen) atoms. The van der Waals surface area contributed by atoms with Crippen molar-refractivity contribution in [3.8, 4) is 0 Å². The van der Waals surface area contributed by atoms with E-state index in [9.17, 15) is 0 Å². The maximum Gasteiger partial charge on any atom is 0.162 e. The molecular weight excluding hydrogens is 415 g/mol. The summed E-state index contributed by atoms with van der Waals surface area (Å²) in [5, 5.41) is 3.65. The Bertz CT molecular complexity index is 1190. The molecule has 4 aromatic heterocycles. The fraction of sp³-hybridized carbons (Fsp3) is 0.238. The van der Waals surface area contributed by atoms with Crippen LogP contribution in [0.4, 0.5) is 0 Å². The molecule has 1 aliphatic rings. The molecule has 142 valence electrons. The zero-order valence-corrected chi connectivity index (χ0v) is 17.6. The van der Waals surface area contributed by atoms with Crippen molar-refractivity contribution < 1.29 is 0 Å². The van der Waals surface area contributed by atoms with Crippen LogP contribution in [-0.4, -0.2) is 19.9 Å². The summed E-state index contributed by atoms with van der Waals surface area (Å²) in [6, 6.07) is 7.57. The molecule has 0 saturated heterocycles. The third-order valence-corrected chi connectivity index (χ3v) is 6.14. The van der Waals surface area contributed by atoms with E-state index in [0.717, 1.165) is 38.3 Å². The quantitative estimate of drug-likeness (QED) is 0.314. The SMILES string of the molecule is Cc1c(C2CC2)nc2ncccc2c1Cl.Cc1c(Cl)nc2ncccc2c1Cl. The third-order valence-electron chi connectivity index (χ3n) is 4.79. The Labute approximate surface area is 177 Å². The highest BCUT2D eigenvalue weighted by molar-refractivity contribution is 6.38. The molecule has 1 fully saturated rings. The van der Waals surface area contributed by atoms with Gasteiger partial charge in [0.05, 0.1) is 15.7 Å². The minimum atomic E-state index is 0.413. The minimum Gasteiger partial charge on any atom is -0.237 e. The van der Waals surface area contributed by atoms with Gasteiger partial charge in [-0.05, 0) is 56.5 Å². The highest BCUT2D eigenvalue weighted by atomic mass is 35.5. The predicted octanol–water partition coefficient (Wildman–Crippen LogP) is 6.71. The molecule has 0 atom stereocenters. The first-order chi connectivity index (χ1) is 13.5. The number of pyridine rings is 4. The second kappa shape index (κ2) is 7.78. The van der Waals surface area contributed by atoms with Crippen LogP contribution in [0.2, 0.25) is 15.2 Å². The molecule has 0 radical (unpaired) electrons. The molecule has 1 aliphatic carbocycles. The first-order valence-corrected chi connectivity index (χ1v) is 10.1. The minimum absolute atomic E-state index is 0.413. The van der Waals surface area contributed by atoms with E-state index in [1.165, 1.54) is 12.8 Å². The standard InChI is InChI=1S/C12H11ClN2.C9H6Cl2N2/c1-7-10(13)9-3-2-6-14-12(9)15-11(7)8-4-5-8;1-5-7(10)6-3-2-4-12-9(6)13-8(5)11/h2-3,6,8H,4-5H2,1H3;2-4H,1H3. The molecule has 0 aliphatic heterocycles. The van der Waals surface area contributed by atoms with Gasteiger partial charge in [-0.25, -0.2) is 19.9 Å². The molecule has 0 aromatic carbocycles. The first kappa shape index (κ1) is 19.3. The number of aromatic nitrogens is 4. The maximum atomic E-state index is 6.32. The van der Waals surface area contributed by atoms with Gasteiger partial charge in [0, 0.05) is 34.6 Å². The smallest absolute Gasteiger partial charge is 0.162 e. The van der Waals surface area contributed by atoms with Gasteiger partial charge in [0.1, 0.15) is 5.15 Å². The molecule has 0 amide bonds. The highest BCUT2D eigenvalue weighted by Gasteiger charge is 2.28. The summed E-state index contributed by atoms with van der Waals surface area (Å²) in [5.74, 6) is 0.619. The Kier molecular flexibility index (Phi) is 5.37. The van der Waals surface area contributed by atoms with Gasteiger partial charge in [0.25, 0.3) is 0 Å². The van der Waals surface area contributed by atoms with Gasteiger partial charge in [-0.2, -0.15) is 0 Å². The zero-order valence-electron chi connectivity index (χ0n) is 15.4. The van der Waals surface area contributed by atoms with Crippen LogP contribution < -0.4 is 0 Å². The van der Waals surface area contributed by atoms with Gasteiger partial charge >= 0.3 is 0 Å². The highest BCUT2D eigenvalue weighted by Crippen LogP contribution is 2.43. The lowest BCUT2D eigenvalue weighted by Gasteiger charge is -2.08. The molecule has 1 saturated carbocycles. The summed E-state index contributed by atoms with van der Waals surface area (Å²) in [5.41, 5.74) is 4.42. The second-order valence-electron chi connectivity index (χ2n) is 6.80. The van der Waals surface area contributed by atoms with Crippen LogP contribution in [0.5, 0.6) is 0 Å². The maximum absolute atomic E-state index is 6.32. The van der Waals surface area contributed by atoms with Crippen molar-refractivity contribution in [3.05, 3.63) is 68.7 Å². The topological polar surface area (TPSA) is 51.6 Å². The summed E-state index contributed by atoms with van der Waals surface area (Å²) in [6.07, 6.45) is 5.90. The van der Waals surface area contributed by atoms with E-state index in [0.29, 0.717) is 21.7 Å². The van der Waals surface area contributed by atoms with Gasteiger partial charge in [0.15, 0.2) is 11.3 Å². The van der Waals surface area contributed by atoms with Crippen molar-refractivity contribution in [3.63, 3.8) is 0 Å². The molecule has 4 nitrogen and oxygen atoms in total. The lowest BCUT2D eigenvalue weighted by atomic mass is 10.1. The van der Waals surface area contributed by atoms with Crippen LogP contribution in [0.25, 0.3) is 22.1 Å². The molecule has 0 bridgehead atoms. The van der Waals surface area contributed by atoms with Crippen LogP contribution in [-0.2, 0) is 0 Å². The first-order valence-electron chi connectivity index (χ1n) is 8.94. The molecule has 5 rings (SSSR count). The fourth-order valence-electron chi connectivity index (χ4n) is 3.05. The van der Waals surface area contributed by atoms with Crippen molar-refractivity contribution in [2.75, 3.05) is 0 Å². The van der Waals surface area contributed by atoms with Crippen LogP contribution >= 0.6 is 34.8 Å². The van der Waals surface area contributed by atoms with Gasteiger partial charge in [-0.1, -0.05) is 34.8 Å². The molecule has 0 N–H and O–H groups in total. The van der Waals surface area contributed by atoms with E-state index in [2.05, 4.69) is 26.9 Å². The average Bonchev–Trinajstić information content (AvgIpc) is 3.55. The number of halogens is 3. The zero-order chi connectivity index (χ0) is 19.8. The number of hydrogen-bond donors (Lipinski definition) is 0. The summed E-state index contributed by atoms with van der Waals surface area (Å²) in [4.78, 5) is 17.0. The van der Waals surface area contributed by atoms with Crippen molar-refractivity contribution in [1.29, 1.82) is 0 Å². The van der Waals surface area contributed by atoms with Gasteiger partial charge in [-0.3, -0.25) is 0 Å². The Morgan fingerprint density at radius 3 is 1.89 bits per heavy atom. The molecular formula is C21H17Cl3N4. The summed E-state index contributed by atoms with van der Waals surface area (Å²) < 4.78 is 0. The van der Waals surface area contributed by atoms with Gasteiger partial charge < -0.3 is 0 Å². The Morgan fingerprint density at radius 2 is 1.32 bits per heavy atom. The lowest BCUT2D eigenvalue weighted by molar-refractivity contribution is 1.01. The van der Waals surface area contributed by atoms with Crippen molar-refractivity contribution in [2.24, 2.45) is 0 Å². The molecule has 4 heterocycles. The van der Waals surface area contributed by atoms with Crippen molar-refractivity contribution in [2.45, 2.75) is 32.6 Å². The Balaban J connectivity index is 0.000000139. The lowest BCUT2D eigenvalue weighted by Crippen LogP contribution is -1.95. The Hall–Kier alpha value is -2.01. The molecule has 4 aromatic rings. The molecule has 0 spiro atoms. The number of hydrogen-bond acceptors (Lipinski definition) is 4. The second-order valence-corrected chi connectivity index (χ2v) is 7.91. The number of rotatable bonds is 1. The summed E-state index contributed by atoms with van der Waals surface area (Å²) in [6.45, 7) is 3.89. The van der Waals surface area contributed by atoms with E-state index in [4.69, 9.17) is 34.8 Å². The van der Waals surface area contributed by atoms with Gasteiger partial charge in [0.2, 0.25) is 0 Å². The Morgan fingerprint density at radius 1 is 0.786 bits per heavy atom. The van der Waals surface area contributed by atoms with E-state index >= 15 is 0 Å². The summed E-state index contributed by atoms with van der Waals surface area (Å²) in [7, 11) is 0. The number of nitrogens with zero attached hydrogens (tertiary/aromatic N) is 4. The fourth-order valence-corrected chi connectivity index (χ4v) is 3.76. The van der Waals surface area contributed by atoms with E-state index < -0.39 is 0 Å². The van der Waals surface area contributed by atoms with E-state index in [1.807, 2.05) is 31.2 Å². The van der Waals surface area contributed by atoms with E-state index in [-0.39, 0.29) is 0 Å². The average molecular weight is 432 g/mol. The summed E-state index contributed by atoms with van der Waals surface area (Å²) >= 11 is 18.2. The number of fused-ring (bicyclic) bond motifs is 2. The monoisotopic (exact) mass is 430 g/mol. The van der Waals surface area contributed by atoms with Crippen molar-refractivity contribution >= 4 is 56.9 Å². The third kappa shape index (κ3) is 3.64. The van der Waals surface area contributed by atoms with Crippen LogP contribution in [0.15, 0.2) is 36.7 Å². The largest absolute Gasteiger partial charge is 0.237 e.